The number of hydrazine groups is 1. The van der Waals surface area contributed by atoms with Gasteiger partial charge in [-0.15, -0.1) is 0 Å². The van der Waals surface area contributed by atoms with Gasteiger partial charge in [0.2, 0.25) is 0 Å². The number of methoxy groups -OCH3 is 1. The molecular formula is C13H19N5O. The number of nitrogens with zero attached hydrogens (tertiary/aromatic N) is 3. The molecule has 102 valence electrons. The molecule has 2 aromatic heterocycles. The molecule has 0 saturated carbocycles. The van der Waals surface area contributed by atoms with E-state index in [4.69, 9.17) is 10.6 Å². The second-order valence-electron chi connectivity index (χ2n) is 4.19. The van der Waals surface area contributed by atoms with Crippen LogP contribution in [0.2, 0.25) is 0 Å². The van der Waals surface area contributed by atoms with Crippen LogP contribution in [0.3, 0.4) is 0 Å². The highest BCUT2D eigenvalue weighted by atomic mass is 16.5. The summed E-state index contributed by atoms with van der Waals surface area (Å²) in [4.78, 5) is 4.30. The molecule has 6 nitrogen and oxygen atoms in total. The Kier molecular flexibility index (Phi) is 4.13. The van der Waals surface area contributed by atoms with Gasteiger partial charge in [0, 0.05) is 18.4 Å². The van der Waals surface area contributed by atoms with Crippen molar-refractivity contribution < 1.29 is 4.74 Å². The van der Waals surface area contributed by atoms with E-state index in [2.05, 4.69) is 15.5 Å². The molecule has 0 fully saturated rings. The lowest BCUT2D eigenvalue weighted by atomic mass is 10.0. The summed E-state index contributed by atoms with van der Waals surface area (Å²) < 4.78 is 7.24. The van der Waals surface area contributed by atoms with E-state index >= 15 is 0 Å². The van der Waals surface area contributed by atoms with Crippen molar-refractivity contribution in [3.8, 4) is 5.75 Å². The minimum Gasteiger partial charge on any atom is -0.493 e. The largest absolute Gasteiger partial charge is 0.493 e. The number of ether oxygens (including phenoxy) is 1. The van der Waals surface area contributed by atoms with E-state index in [1.54, 1.807) is 19.5 Å². The van der Waals surface area contributed by atoms with Crippen molar-refractivity contribution in [3.05, 3.63) is 41.5 Å². The van der Waals surface area contributed by atoms with Gasteiger partial charge in [-0.25, -0.2) is 5.43 Å². The second kappa shape index (κ2) is 5.81. The molecule has 0 spiro atoms. The Balaban J connectivity index is 2.54. The van der Waals surface area contributed by atoms with Crippen molar-refractivity contribution >= 4 is 0 Å². The van der Waals surface area contributed by atoms with Crippen molar-refractivity contribution in [2.24, 2.45) is 5.84 Å². The van der Waals surface area contributed by atoms with Crippen LogP contribution in [-0.2, 0) is 6.54 Å². The lowest BCUT2D eigenvalue weighted by molar-refractivity contribution is 0.399. The summed E-state index contributed by atoms with van der Waals surface area (Å²) in [7, 11) is 1.63. The van der Waals surface area contributed by atoms with E-state index in [9.17, 15) is 0 Å². The Morgan fingerprint density at radius 2 is 2.32 bits per heavy atom. The van der Waals surface area contributed by atoms with Gasteiger partial charge in [-0.1, -0.05) is 6.07 Å². The van der Waals surface area contributed by atoms with E-state index in [0.29, 0.717) is 5.75 Å². The van der Waals surface area contributed by atoms with E-state index in [-0.39, 0.29) is 6.04 Å². The zero-order valence-electron chi connectivity index (χ0n) is 11.4. The number of aryl methyl sites for hydroxylation is 2. The minimum absolute atomic E-state index is 0.203. The number of aromatic nitrogens is 3. The third kappa shape index (κ3) is 2.45. The third-order valence-corrected chi connectivity index (χ3v) is 3.16. The van der Waals surface area contributed by atoms with Gasteiger partial charge >= 0.3 is 0 Å². The highest BCUT2D eigenvalue weighted by molar-refractivity contribution is 5.37. The molecule has 2 aromatic rings. The van der Waals surface area contributed by atoms with Crippen molar-refractivity contribution in [1.82, 2.24) is 20.2 Å². The molecule has 1 unspecified atom stereocenters. The average molecular weight is 261 g/mol. The first kappa shape index (κ1) is 13.5. The normalized spacial score (nSPS) is 12.4. The molecule has 0 radical (unpaired) electrons. The predicted molar refractivity (Wildman–Crippen MR) is 72.6 cm³/mol. The molecule has 0 aliphatic heterocycles. The molecule has 1 atom stereocenters. The molecule has 19 heavy (non-hydrogen) atoms. The first-order valence-corrected chi connectivity index (χ1v) is 6.20. The zero-order valence-corrected chi connectivity index (χ0v) is 11.4. The highest BCUT2D eigenvalue weighted by Gasteiger charge is 2.23. The maximum Gasteiger partial charge on any atom is 0.161 e. The molecule has 0 saturated heterocycles. The summed E-state index contributed by atoms with van der Waals surface area (Å²) in [5.74, 6) is 6.45. The summed E-state index contributed by atoms with van der Waals surface area (Å²) in [6.45, 7) is 4.73. The minimum atomic E-state index is -0.203. The van der Waals surface area contributed by atoms with E-state index in [1.165, 1.54) is 0 Å². The lowest BCUT2D eigenvalue weighted by Crippen LogP contribution is -2.31. The number of nitrogens with one attached hydrogen (secondary N) is 1. The van der Waals surface area contributed by atoms with Gasteiger partial charge < -0.3 is 4.74 Å². The fourth-order valence-corrected chi connectivity index (χ4v) is 2.20. The number of nitrogens with two attached hydrogens (primary N) is 1. The Hall–Kier alpha value is -1.92. The van der Waals surface area contributed by atoms with Gasteiger partial charge in [0.1, 0.15) is 5.69 Å². The molecule has 2 heterocycles. The highest BCUT2D eigenvalue weighted by Crippen LogP contribution is 2.30. The summed E-state index contributed by atoms with van der Waals surface area (Å²) >= 11 is 0. The Morgan fingerprint density at radius 3 is 2.89 bits per heavy atom. The standard InChI is InChI=1S/C13H19N5O/c1-4-18-13(11(19-3)8-16-18)12(17-14)10-6-5-7-15-9(10)2/h5-8,12,17H,4,14H2,1-3H3. The Bertz CT molecular complexity index is 530. The first-order chi connectivity index (χ1) is 9.22. The molecule has 3 N–H and O–H groups in total. The average Bonchev–Trinajstić information content (AvgIpc) is 2.85. The van der Waals surface area contributed by atoms with Crippen molar-refractivity contribution in [3.63, 3.8) is 0 Å². The third-order valence-electron chi connectivity index (χ3n) is 3.16. The van der Waals surface area contributed by atoms with E-state index in [0.717, 1.165) is 23.5 Å². The fraction of sp³-hybridized carbons (Fsp3) is 0.385. The molecule has 0 aliphatic rings. The Labute approximate surface area is 112 Å². The number of rotatable bonds is 5. The second-order valence-corrected chi connectivity index (χ2v) is 4.19. The van der Waals surface area contributed by atoms with Crippen LogP contribution in [0.25, 0.3) is 0 Å². The van der Waals surface area contributed by atoms with Crippen molar-refractivity contribution in [2.45, 2.75) is 26.4 Å². The van der Waals surface area contributed by atoms with Crippen molar-refractivity contribution in [2.75, 3.05) is 7.11 Å². The van der Waals surface area contributed by atoms with E-state index < -0.39 is 0 Å². The van der Waals surface area contributed by atoms with Crippen LogP contribution in [-0.4, -0.2) is 21.9 Å². The summed E-state index contributed by atoms with van der Waals surface area (Å²) in [5.41, 5.74) is 5.68. The van der Waals surface area contributed by atoms with Gasteiger partial charge in [0.05, 0.1) is 19.3 Å². The quantitative estimate of drug-likeness (QED) is 0.624. The zero-order chi connectivity index (χ0) is 13.8. The molecule has 2 rings (SSSR count). The smallest absolute Gasteiger partial charge is 0.161 e. The molecule has 0 bridgehead atoms. The van der Waals surface area contributed by atoms with Crippen LogP contribution < -0.4 is 16.0 Å². The maximum absolute atomic E-state index is 5.74. The van der Waals surface area contributed by atoms with Crippen LogP contribution in [0, 0.1) is 6.92 Å². The summed E-state index contributed by atoms with van der Waals surface area (Å²) in [5, 5.41) is 4.31. The molecular weight excluding hydrogens is 242 g/mol. The van der Waals surface area contributed by atoms with Crippen LogP contribution in [0.4, 0.5) is 0 Å². The lowest BCUT2D eigenvalue weighted by Gasteiger charge is -2.20. The van der Waals surface area contributed by atoms with Gasteiger partial charge in [-0.3, -0.25) is 15.5 Å². The van der Waals surface area contributed by atoms with Gasteiger partial charge in [0.15, 0.2) is 5.75 Å². The SMILES string of the molecule is CCn1ncc(OC)c1C(NN)c1cccnc1C. The van der Waals surface area contributed by atoms with Crippen molar-refractivity contribution in [1.29, 1.82) is 0 Å². The topological polar surface area (TPSA) is 78.0 Å². The monoisotopic (exact) mass is 261 g/mol. The van der Waals surface area contributed by atoms with Gasteiger partial charge in [-0.2, -0.15) is 5.10 Å². The summed E-state index contributed by atoms with van der Waals surface area (Å²) in [6, 6.07) is 3.69. The number of hydrogen-bond acceptors (Lipinski definition) is 5. The van der Waals surface area contributed by atoms with Crippen LogP contribution >= 0.6 is 0 Å². The van der Waals surface area contributed by atoms with E-state index in [1.807, 2.05) is 30.7 Å². The van der Waals surface area contributed by atoms with Gasteiger partial charge in [-0.05, 0) is 25.5 Å². The maximum atomic E-state index is 5.74. The summed E-state index contributed by atoms with van der Waals surface area (Å²) in [6.07, 6.45) is 3.47. The van der Waals surface area contributed by atoms with Crippen LogP contribution in [0.1, 0.15) is 29.9 Å². The molecule has 6 heteroatoms. The predicted octanol–water partition coefficient (Wildman–Crippen LogP) is 1.17. The molecule has 0 aliphatic carbocycles. The molecule has 0 amide bonds. The Morgan fingerprint density at radius 1 is 1.53 bits per heavy atom. The van der Waals surface area contributed by atoms with Crippen LogP contribution in [0.15, 0.2) is 24.5 Å². The fourth-order valence-electron chi connectivity index (χ4n) is 2.20. The number of hydrogen-bond donors (Lipinski definition) is 2. The first-order valence-electron chi connectivity index (χ1n) is 6.20. The number of pyridine rings is 1. The van der Waals surface area contributed by atoms with Gasteiger partial charge in [0.25, 0.3) is 0 Å². The molecule has 0 aromatic carbocycles. The van der Waals surface area contributed by atoms with Crippen LogP contribution in [0.5, 0.6) is 5.75 Å².